The fourth-order valence-electron chi connectivity index (χ4n) is 1.55. The summed E-state index contributed by atoms with van der Waals surface area (Å²) < 4.78 is 0. The molecular weight excluding hydrogens is 162 g/mol. The van der Waals surface area contributed by atoms with Gasteiger partial charge in [-0.2, -0.15) is 0 Å². The topological polar surface area (TPSA) is 107 Å². The van der Waals surface area contributed by atoms with E-state index in [2.05, 4.69) is 0 Å². The van der Waals surface area contributed by atoms with Crippen molar-refractivity contribution < 1.29 is 20.4 Å². The van der Waals surface area contributed by atoms with Gasteiger partial charge in [-0.1, -0.05) is 0 Å². The van der Waals surface area contributed by atoms with E-state index in [1.807, 2.05) is 0 Å². The van der Waals surface area contributed by atoms with E-state index >= 15 is 0 Å². The molecule has 1 fully saturated rings. The molecule has 1 rings (SSSR count). The summed E-state index contributed by atoms with van der Waals surface area (Å²) in [5.41, 5.74) is 5.46. The van der Waals surface area contributed by atoms with Crippen molar-refractivity contribution in [2.75, 3.05) is 6.61 Å². The highest BCUT2D eigenvalue weighted by Gasteiger charge is 2.40. The molecule has 5 heteroatoms. The first-order valence-electron chi connectivity index (χ1n) is 3.98. The van der Waals surface area contributed by atoms with E-state index in [0.29, 0.717) is 6.42 Å². The lowest BCUT2D eigenvalue weighted by Gasteiger charge is -2.38. The van der Waals surface area contributed by atoms with Gasteiger partial charge in [0.05, 0.1) is 12.2 Å². The van der Waals surface area contributed by atoms with Crippen molar-refractivity contribution in [1.29, 1.82) is 0 Å². The van der Waals surface area contributed by atoms with E-state index in [9.17, 15) is 15.3 Å². The van der Waals surface area contributed by atoms with Crippen molar-refractivity contribution >= 4 is 0 Å². The lowest BCUT2D eigenvalue weighted by Crippen LogP contribution is -2.57. The molecule has 12 heavy (non-hydrogen) atoms. The fraction of sp³-hybridized carbons (Fsp3) is 1.00. The summed E-state index contributed by atoms with van der Waals surface area (Å²) in [6.45, 7) is -0.224. The second kappa shape index (κ2) is 3.68. The van der Waals surface area contributed by atoms with Crippen LogP contribution in [0.15, 0.2) is 0 Å². The Morgan fingerprint density at radius 3 is 2.17 bits per heavy atom. The normalized spacial score (nSPS) is 49.2. The molecule has 0 saturated heterocycles. The molecule has 5 nitrogen and oxygen atoms in total. The summed E-state index contributed by atoms with van der Waals surface area (Å²) in [5, 5.41) is 36.5. The molecule has 1 aliphatic carbocycles. The molecule has 1 saturated carbocycles. The van der Waals surface area contributed by atoms with E-state index in [4.69, 9.17) is 10.8 Å². The number of rotatable bonds is 1. The van der Waals surface area contributed by atoms with Crippen molar-refractivity contribution in [1.82, 2.24) is 0 Å². The van der Waals surface area contributed by atoms with Crippen molar-refractivity contribution in [3.05, 3.63) is 0 Å². The zero-order chi connectivity index (χ0) is 9.30. The number of aliphatic hydroxyl groups is 4. The summed E-state index contributed by atoms with van der Waals surface area (Å²) >= 11 is 0. The highest BCUT2D eigenvalue weighted by atomic mass is 16.4. The lowest BCUT2D eigenvalue weighted by atomic mass is 9.80. The van der Waals surface area contributed by atoms with Crippen molar-refractivity contribution in [3.63, 3.8) is 0 Å². The molecule has 0 heterocycles. The van der Waals surface area contributed by atoms with Gasteiger partial charge in [0, 0.05) is 18.6 Å². The van der Waals surface area contributed by atoms with Crippen LogP contribution in [0.1, 0.15) is 6.42 Å². The van der Waals surface area contributed by atoms with Gasteiger partial charge in [0.25, 0.3) is 0 Å². The molecule has 0 bridgehead atoms. The van der Waals surface area contributed by atoms with Gasteiger partial charge in [0.15, 0.2) is 0 Å². The van der Waals surface area contributed by atoms with Crippen molar-refractivity contribution in [2.45, 2.75) is 30.8 Å². The molecule has 5 atom stereocenters. The van der Waals surface area contributed by atoms with Crippen LogP contribution in [0.5, 0.6) is 0 Å². The monoisotopic (exact) mass is 177 g/mol. The summed E-state index contributed by atoms with van der Waals surface area (Å²) in [6, 6.07) is -0.569. The minimum absolute atomic E-state index is 0.224. The number of aliphatic hydroxyl groups excluding tert-OH is 4. The van der Waals surface area contributed by atoms with E-state index in [1.165, 1.54) is 0 Å². The first-order chi connectivity index (χ1) is 5.57. The number of hydrogen-bond donors (Lipinski definition) is 5. The first-order valence-corrected chi connectivity index (χ1v) is 3.98. The molecular formula is C7H15NO4. The summed E-state index contributed by atoms with van der Waals surface area (Å²) in [7, 11) is 0. The fourth-order valence-corrected chi connectivity index (χ4v) is 1.55. The highest BCUT2D eigenvalue weighted by molar-refractivity contribution is 4.94. The molecule has 0 aromatic carbocycles. The maximum atomic E-state index is 9.30. The zero-order valence-corrected chi connectivity index (χ0v) is 6.67. The van der Waals surface area contributed by atoms with Gasteiger partial charge in [0.1, 0.15) is 6.10 Å². The van der Waals surface area contributed by atoms with Crippen LogP contribution in [0.25, 0.3) is 0 Å². The lowest BCUT2D eigenvalue weighted by molar-refractivity contribution is -0.125. The van der Waals surface area contributed by atoms with Crippen LogP contribution in [-0.2, 0) is 0 Å². The van der Waals surface area contributed by atoms with Crippen molar-refractivity contribution in [3.8, 4) is 0 Å². The van der Waals surface area contributed by atoms with Gasteiger partial charge in [-0.3, -0.25) is 0 Å². The highest BCUT2D eigenvalue weighted by Crippen LogP contribution is 2.24. The second-order valence-corrected chi connectivity index (χ2v) is 3.31. The first kappa shape index (κ1) is 9.88. The molecule has 0 aromatic rings. The Morgan fingerprint density at radius 2 is 1.67 bits per heavy atom. The molecule has 0 aliphatic heterocycles. The molecule has 0 unspecified atom stereocenters. The third kappa shape index (κ3) is 1.60. The third-order valence-corrected chi connectivity index (χ3v) is 2.43. The van der Waals surface area contributed by atoms with Crippen LogP contribution in [0.3, 0.4) is 0 Å². The van der Waals surface area contributed by atoms with E-state index in [0.717, 1.165) is 0 Å². The van der Waals surface area contributed by atoms with Crippen LogP contribution in [0, 0.1) is 5.92 Å². The average molecular weight is 177 g/mol. The van der Waals surface area contributed by atoms with Crippen LogP contribution >= 0.6 is 0 Å². The smallest absolute Gasteiger partial charge is 0.108 e. The van der Waals surface area contributed by atoms with Crippen LogP contribution < -0.4 is 5.73 Å². The molecule has 1 aliphatic rings. The Hall–Kier alpha value is -0.200. The van der Waals surface area contributed by atoms with Crippen LogP contribution in [0.4, 0.5) is 0 Å². The van der Waals surface area contributed by atoms with Gasteiger partial charge in [-0.05, 0) is 6.42 Å². The molecule has 0 spiro atoms. The van der Waals surface area contributed by atoms with Gasteiger partial charge in [-0.25, -0.2) is 0 Å². The molecule has 0 amide bonds. The second-order valence-electron chi connectivity index (χ2n) is 3.31. The van der Waals surface area contributed by atoms with E-state index in [1.54, 1.807) is 0 Å². The molecule has 6 N–H and O–H groups in total. The maximum Gasteiger partial charge on any atom is 0.108 e. The van der Waals surface area contributed by atoms with Crippen LogP contribution in [0.2, 0.25) is 0 Å². The summed E-state index contributed by atoms with van der Waals surface area (Å²) in [5.74, 6) is -0.432. The van der Waals surface area contributed by atoms with E-state index < -0.39 is 30.3 Å². The van der Waals surface area contributed by atoms with Gasteiger partial charge >= 0.3 is 0 Å². The predicted octanol–water partition coefficient (Wildman–Crippen LogP) is -2.59. The SMILES string of the molecule is N[C@@H]1C[C@H](CO)[C@H](O)[C@@H](O)[C@H]1O. The zero-order valence-electron chi connectivity index (χ0n) is 6.67. The summed E-state index contributed by atoms with van der Waals surface area (Å²) in [6.07, 6.45) is -3.09. The Bertz CT molecular complexity index is 150. The summed E-state index contributed by atoms with van der Waals surface area (Å²) in [4.78, 5) is 0. The standard InChI is InChI=1S/C7H15NO4/c8-4-1-3(2-9)5(10)7(12)6(4)11/h3-7,9-12H,1-2,8H2/t3-,4-,5+,6+,7-/m1/s1. The number of nitrogens with two attached hydrogens (primary N) is 1. The Labute approximate surface area is 70.4 Å². The minimum Gasteiger partial charge on any atom is -0.396 e. The van der Waals surface area contributed by atoms with E-state index in [-0.39, 0.29) is 6.61 Å². The van der Waals surface area contributed by atoms with Gasteiger partial charge in [-0.15, -0.1) is 0 Å². The van der Waals surface area contributed by atoms with Gasteiger partial charge in [0.2, 0.25) is 0 Å². The Balaban J connectivity index is 2.63. The maximum absolute atomic E-state index is 9.30. The van der Waals surface area contributed by atoms with Crippen molar-refractivity contribution in [2.24, 2.45) is 11.7 Å². The van der Waals surface area contributed by atoms with Gasteiger partial charge < -0.3 is 26.2 Å². The Morgan fingerprint density at radius 1 is 1.08 bits per heavy atom. The minimum atomic E-state index is -1.24. The molecule has 0 radical (unpaired) electrons. The largest absolute Gasteiger partial charge is 0.396 e. The molecule has 72 valence electrons. The average Bonchev–Trinajstić information content (AvgIpc) is 2.08. The Kier molecular flexibility index (Phi) is 3.03. The molecule has 0 aromatic heterocycles. The quantitative estimate of drug-likeness (QED) is 0.302. The predicted molar refractivity (Wildman–Crippen MR) is 41.2 cm³/mol. The third-order valence-electron chi connectivity index (χ3n) is 2.43. The number of hydrogen-bond acceptors (Lipinski definition) is 5. The van der Waals surface area contributed by atoms with Crippen LogP contribution in [-0.4, -0.2) is 51.4 Å².